The van der Waals surface area contributed by atoms with E-state index in [1.807, 2.05) is 4.57 Å². The predicted molar refractivity (Wildman–Crippen MR) is 117 cm³/mol. The van der Waals surface area contributed by atoms with E-state index < -0.39 is 5.82 Å². The molecule has 0 fully saturated rings. The Morgan fingerprint density at radius 3 is 2.87 bits per heavy atom. The van der Waals surface area contributed by atoms with Crippen LogP contribution in [0.5, 0.6) is 5.75 Å². The minimum atomic E-state index is -0.443. The summed E-state index contributed by atoms with van der Waals surface area (Å²) in [7, 11) is 0. The Labute approximate surface area is 186 Å². The summed E-state index contributed by atoms with van der Waals surface area (Å²) in [6.07, 6.45) is 3.25. The molecule has 0 spiro atoms. The summed E-state index contributed by atoms with van der Waals surface area (Å²) >= 11 is 7.33. The van der Waals surface area contributed by atoms with Crippen molar-refractivity contribution in [2.75, 3.05) is 0 Å². The summed E-state index contributed by atoms with van der Waals surface area (Å²) in [6.45, 7) is 4.28. The molecule has 4 rings (SSSR count). The smallest absolute Gasteiger partial charge is 0.258 e. The normalized spacial score (nSPS) is 11.0. The van der Waals surface area contributed by atoms with Gasteiger partial charge < -0.3 is 4.74 Å². The maximum Gasteiger partial charge on any atom is 0.258 e. The standard InChI is InChI=1S/C21H17ClFN5O2S/c1-2-9-27-19(12-30-17-6-4-3-5-16(17)23)25-26-21(27)31-13-15-10-20(29)28-11-14(22)7-8-18(28)24-15/h2-8,10-11H,1,9,12-13H2. The molecule has 0 radical (unpaired) electrons. The highest BCUT2D eigenvalue weighted by Gasteiger charge is 2.14. The van der Waals surface area contributed by atoms with Gasteiger partial charge >= 0.3 is 0 Å². The van der Waals surface area contributed by atoms with Gasteiger partial charge in [0.2, 0.25) is 0 Å². The molecule has 0 unspecified atom stereocenters. The summed E-state index contributed by atoms with van der Waals surface area (Å²) in [5.74, 6) is 0.650. The van der Waals surface area contributed by atoms with Gasteiger partial charge in [0.05, 0.1) is 10.7 Å². The Kier molecular flexibility index (Phi) is 6.34. The van der Waals surface area contributed by atoms with Crippen LogP contribution in [0.2, 0.25) is 5.02 Å². The molecule has 31 heavy (non-hydrogen) atoms. The highest BCUT2D eigenvalue weighted by atomic mass is 35.5. The van der Waals surface area contributed by atoms with Crippen molar-refractivity contribution in [1.29, 1.82) is 0 Å². The molecule has 0 aliphatic rings. The van der Waals surface area contributed by atoms with Gasteiger partial charge in [-0.05, 0) is 24.3 Å². The molecular weight excluding hydrogens is 441 g/mol. The maximum absolute atomic E-state index is 13.8. The van der Waals surface area contributed by atoms with Crippen molar-refractivity contribution in [3.05, 3.63) is 94.0 Å². The number of benzene rings is 1. The van der Waals surface area contributed by atoms with Crippen molar-refractivity contribution < 1.29 is 9.13 Å². The number of halogens is 2. The van der Waals surface area contributed by atoms with Crippen molar-refractivity contribution in [2.24, 2.45) is 0 Å². The number of pyridine rings is 1. The molecule has 0 bridgehead atoms. The molecule has 0 aliphatic heterocycles. The van der Waals surface area contributed by atoms with Crippen LogP contribution in [0, 0.1) is 5.82 Å². The van der Waals surface area contributed by atoms with Crippen molar-refractivity contribution in [1.82, 2.24) is 24.1 Å². The summed E-state index contributed by atoms with van der Waals surface area (Å²) in [5.41, 5.74) is 0.906. The number of ether oxygens (including phenoxy) is 1. The van der Waals surface area contributed by atoms with Crippen LogP contribution >= 0.6 is 23.4 Å². The van der Waals surface area contributed by atoms with Crippen molar-refractivity contribution in [3.8, 4) is 5.75 Å². The van der Waals surface area contributed by atoms with E-state index in [0.29, 0.717) is 39.6 Å². The van der Waals surface area contributed by atoms with E-state index in [4.69, 9.17) is 16.3 Å². The lowest BCUT2D eigenvalue weighted by Crippen LogP contribution is -2.15. The molecule has 7 nitrogen and oxygen atoms in total. The van der Waals surface area contributed by atoms with Crippen LogP contribution in [0.3, 0.4) is 0 Å². The third-order valence-corrected chi connectivity index (χ3v) is 5.55. The quantitative estimate of drug-likeness (QED) is 0.292. The number of hydrogen-bond donors (Lipinski definition) is 0. The Morgan fingerprint density at radius 1 is 1.23 bits per heavy atom. The molecule has 0 N–H and O–H groups in total. The van der Waals surface area contributed by atoms with E-state index in [1.165, 1.54) is 34.5 Å². The highest BCUT2D eigenvalue weighted by Crippen LogP contribution is 2.23. The molecule has 10 heteroatoms. The van der Waals surface area contributed by atoms with Gasteiger partial charge in [-0.25, -0.2) is 9.37 Å². The van der Waals surface area contributed by atoms with Gasteiger partial charge in [-0.15, -0.1) is 16.8 Å². The van der Waals surface area contributed by atoms with E-state index in [0.717, 1.165) is 0 Å². The van der Waals surface area contributed by atoms with Crippen LogP contribution in [-0.4, -0.2) is 24.1 Å². The minimum Gasteiger partial charge on any atom is -0.483 e. The highest BCUT2D eigenvalue weighted by molar-refractivity contribution is 7.98. The van der Waals surface area contributed by atoms with Gasteiger partial charge in [-0.3, -0.25) is 13.8 Å². The van der Waals surface area contributed by atoms with Crippen molar-refractivity contribution in [3.63, 3.8) is 0 Å². The lowest BCUT2D eigenvalue weighted by molar-refractivity contribution is 0.275. The molecule has 1 aromatic carbocycles. The van der Waals surface area contributed by atoms with Crippen LogP contribution < -0.4 is 10.3 Å². The largest absolute Gasteiger partial charge is 0.483 e. The third kappa shape index (κ3) is 4.78. The Bertz CT molecular complexity index is 1310. The molecule has 4 aromatic rings. The first-order valence-electron chi connectivity index (χ1n) is 9.26. The van der Waals surface area contributed by atoms with Gasteiger partial charge in [0.25, 0.3) is 5.56 Å². The molecule has 3 heterocycles. The summed E-state index contributed by atoms with van der Waals surface area (Å²) in [4.78, 5) is 16.8. The topological polar surface area (TPSA) is 74.3 Å². The van der Waals surface area contributed by atoms with Gasteiger partial charge in [0.1, 0.15) is 12.3 Å². The number of thioether (sulfide) groups is 1. The average Bonchev–Trinajstić information content (AvgIpc) is 3.14. The van der Waals surface area contributed by atoms with Crippen molar-refractivity contribution >= 4 is 29.0 Å². The van der Waals surface area contributed by atoms with Gasteiger partial charge in [0.15, 0.2) is 22.5 Å². The van der Waals surface area contributed by atoms with Gasteiger partial charge in [0, 0.05) is 24.6 Å². The number of allylic oxidation sites excluding steroid dienone is 1. The number of nitrogens with zero attached hydrogens (tertiary/aromatic N) is 5. The average molecular weight is 458 g/mol. The zero-order chi connectivity index (χ0) is 21.8. The number of aromatic nitrogens is 5. The number of fused-ring (bicyclic) bond motifs is 1. The van der Waals surface area contributed by atoms with Crippen LogP contribution in [0.15, 0.2) is 71.3 Å². The first-order chi connectivity index (χ1) is 15.0. The van der Waals surface area contributed by atoms with Crippen molar-refractivity contribution in [2.45, 2.75) is 24.1 Å². The fourth-order valence-electron chi connectivity index (χ4n) is 2.89. The SMILES string of the molecule is C=CCn1c(COc2ccccc2F)nnc1SCc1cc(=O)n2cc(Cl)ccc2n1. The lowest BCUT2D eigenvalue weighted by Gasteiger charge is -2.09. The first-order valence-corrected chi connectivity index (χ1v) is 10.6. The summed E-state index contributed by atoms with van der Waals surface area (Å²) in [6, 6.07) is 11.0. The molecule has 0 saturated carbocycles. The van der Waals surface area contributed by atoms with E-state index in [1.54, 1.807) is 36.4 Å². The monoisotopic (exact) mass is 457 g/mol. The van der Waals surface area contributed by atoms with Gasteiger partial charge in [-0.2, -0.15) is 0 Å². The molecule has 0 amide bonds. The van der Waals surface area contributed by atoms with E-state index >= 15 is 0 Å². The number of para-hydroxylation sites is 1. The van der Waals surface area contributed by atoms with Crippen LogP contribution in [0.25, 0.3) is 5.65 Å². The van der Waals surface area contributed by atoms with E-state index in [2.05, 4.69) is 21.8 Å². The maximum atomic E-state index is 13.8. The molecule has 3 aromatic heterocycles. The van der Waals surface area contributed by atoms with E-state index in [9.17, 15) is 9.18 Å². The van der Waals surface area contributed by atoms with Crippen LogP contribution in [0.4, 0.5) is 4.39 Å². The Balaban J connectivity index is 1.51. The molecule has 0 aliphatic carbocycles. The van der Waals surface area contributed by atoms with Crippen LogP contribution in [0.1, 0.15) is 11.5 Å². The molecule has 0 atom stereocenters. The Hall–Kier alpha value is -3.17. The second kappa shape index (κ2) is 9.32. The summed E-state index contributed by atoms with van der Waals surface area (Å²) < 4.78 is 22.6. The second-order valence-electron chi connectivity index (χ2n) is 6.47. The Morgan fingerprint density at radius 2 is 2.06 bits per heavy atom. The first kappa shape index (κ1) is 21.1. The molecular formula is C21H17ClFN5O2S. The zero-order valence-electron chi connectivity index (χ0n) is 16.2. The second-order valence-corrected chi connectivity index (χ2v) is 7.85. The van der Waals surface area contributed by atoms with Crippen LogP contribution in [-0.2, 0) is 18.9 Å². The predicted octanol–water partition coefficient (Wildman–Crippen LogP) is 4.14. The fourth-order valence-corrected chi connectivity index (χ4v) is 3.91. The van der Waals surface area contributed by atoms with E-state index in [-0.39, 0.29) is 17.9 Å². The third-order valence-electron chi connectivity index (χ3n) is 4.32. The number of rotatable bonds is 8. The molecule has 0 saturated heterocycles. The fraction of sp³-hybridized carbons (Fsp3) is 0.143. The molecule has 158 valence electrons. The zero-order valence-corrected chi connectivity index (χ0v) is 17.8. The summed E-state index contributed by atoms with van der Waals surface area (Å²) in [5, 5.41) is 9.45. The lowest BCUT2D eigenvalue weighted by atomic mass is 10.3. The minimum absolute atomic E-state index is 0.0542. The number of hydrogen-bond acceptors (Lipinski definition) is 6. The van der Waals surface area contributed by atoms with Gasteiger partial charge in [-0.1, -0.05) is 41.6 Å².